The van der Waals surface area contributed by atoms with Crippen molar-refractivity contribution in [3.63, 3.8) is 0 Å². The quantitative estimate of drug-likeness (QED) is 0.388. The Bertz CT molecular complexity index is 1410. The first kappa shape index (κ1) is 23.2. The van der Waals surface area contributed by atoms with Gasteiger partial charge in [-0.1, -0.05) is 18.2 Å². The Morgan fingerprint density at radius 1 is 0.944 bits per heavy atom. The predicted octanol–water partition coefficient (Wildman–Crippen LogP) is 4.71. The first-order valence-corrected chi connectivity index (χ1v) is 11.3. The molecule has 0 radical (unpaired) electrons. The van der Waals surface area contributed by atoms with E-state index < -0.39 is 5.97 Å². The minimum Gasteiger partial charge on any atom is -0.465 e. The zero-order valence-electron chi connectivity index (χ0n) is 20.1. The smallest absolute Gasteiger partial charge is 0.337 e. The van der Waals surface area contributed by atoms with Gasteiger partial charge in [-0.25, -0.2) is 4.79 Å². The number of carbonyl (C=O) groups is 2. The van der Waals surface area contributed by atoms with Crippen molar-refractivity contribution in [2.24, 2.45) is 0 Å². The second-order valence-corrected chi connectivity index (χ2v) is 8.69. The van der Waals surface area contributed by atoms with E-state index in [1.165, 1.54) is 25.2 Å². The average Bonchev–Trinajstić information content (AvgIpc) is 3.21. The SMILES string of the molecule is COC(=O)c1ccc2c(c1)NC(=O)C2=C(Nc1ccc(CN(C)C)cc1)c1ccc2c(c1)OC=CO2. The van der Waals surface area contributed by atoms with Crippen LogP contribution in [0.5, 0.6) is 11.5 Å². The third-order valence-electron chi connectivity index (χ3n) is 5.84. The molecule has 2 aliphatic rings. The molecule has 36 heavy (non-hydrogen) atoms. The molecule has 5 rings (SSSR count). The van der Waals surface area contributed by atoms with Gasteiger partial charge in [-0.05, 0) is 62.1 Å². The van der Waals surface area contributed by atoms with Gasteiger partial charge in [-0.2, -0.15) is 0 Å². The third kappa shape index (κ3) is 4.54. The van der Waals surface area contributed by atoms with Crippen LogP contribution in [0.1, 0.15) is 27.0 Å². The zero-order chi connectivity index (χ0) is 25.2. The lowest BCUT2D eigenvalue weighted by molar-refractivity contribution is -0.110. The summed E-state index contributed by atoms with van der Waals surface area (Å²) in [7, 11) is 5.36. The second kappa shape index (κ2) is 9.59. The van der Waals surface area contributed by atoms with Crippen molar-refractivity contribution < 1.29 is 23.8 Å². The number of nitrogens with one attached hydrogen (secondary N) is 2. The van der Waals surface area contributed by atoms with Gasteiger partial charge >= 0.3 is 5.97 Å². The normalized spacial score (nSPS) is 14.8. The summed E-state index contributed by atoms with van der Waals surface area (Å²) in [5, 5.41) is 6.32. The maximum atomic E-state index is 13.3. The maximum Gasteiger partial charge on any atom is 0.337 e. The molecule has 2 aliphatic heterocycles. The Balaban J connectivity index is 1.61. The number of anilines is 2. The number of ether oxygens (including phenoxy) is 3. The standard InChI is InChI=1S/C28H25N3O5/c1-31(2)16-17-4-8-20(9-5-17)29-26(18-7-11-23-24(15-18)36-13-12-35-23)25-21-10-6-19(28(33)34-3)14-22(21)30-27(25)32/h4-15,29H,16H2,1-3H3,(H,30,32). The molecule has 2 heterocycles. The highest BCUT2D eigenvalue weighted by Crippen LogP contribution is 2.40. The summed E-state index contributed by atoms with van der Waals surface area (Å²) in [4.78, 5) is 27.4. The van der Waals surface area contributed by atoms with Crippen LogP contribution in [0, 0.1) is 0 Å². The Labute approximate surface area is 208 Å². The third-order valence-corrected chi connectivity index (χ3v) is 5.84. The molecular weight excluding hydrogens is 458 g/mol. The molecule has 1 amide bonds. The highest BCUT2D eigenvalue weighted by molar-refractivity contribution is 6.37. The van der Waals surface area contributed by atoms with Gasteiger partial charge in [0.15, 0.2) is 11.5 Å². The molecule has 0 saturated carbocycles. The van der Waals surface area contributed by atoms with Gasteiger partial charge in [0.25, 0.3) is 5.91 Å². The van der Waals surface area contributed by atoms with Crippen LogP contribution in [-0.4, -0.2) is 38.0 Å². The van der Waals surface area contributed by atoms with Crippen molar-refractivity contribution >= 4 is 34.5 Å². The Morgan fingerprint density at radius 3 is 2.39 bits per heavy atom. The van der Waals surface area contributed by atoms with Gasteiger partial charge in [-0.15, -0.1) is 0 Å². The van der Waals surface area contributed by atoms with Crippen LogP contribution in [0.15, 0.2) is 73.2 Å². The van der Waals surface area contributed by atoms with Gasteiger partial charge in [0.1, 0.15) is 12.5 Å². The van der Waals surface area contributed by atoms with Crippen LogP contribution in [0.4, 0.5) is 11.4 Å². The lowest BCUT2D eigenvalue weighted by atomic mass is 9.98. The van der Waals surface area contributed by atoms with Gasteiger partial charge in [0.05, 0.1) is 29.6 Å². The van der Waals surface area contributed by atoms with E-state index in [2.05, 4.69) is 15.5 Å². The molecule has 0 spiro atoms. The zero-order valence-corrected chi connectivity index (χ0v) is 20.1. The number of nitrogens with zero attached hydrogens (tertiary/aromatic N) is 1. The number of carbonyl (C=O) groups excluding carboxylic acids is 2. The van der Waals surface area contributed by atoms with Gasteiger partial charge in [0.2, 0.25) is 0 Å². The van der Waals surface area contributed by atoms with Gasteiger partial charge < -0.3 is 29.7 Å². The fraction of sp³-hybridized carbons (Fsp3) is 0.143. The van der Waals surface area contributed by atoms with E-state index in [0.717, 1.165) is 17.8 Å². The molecule has 3 aromatic carbocycles. The average molecular weight is 484 g/mol. The van der Waals surface area contributed by atoms with E-state index in [-0.39, 0.29) is 5.91 Å². The number of esters is 1. The molecule has 0 unspecified atom stereocenters. The lowest BCUT2D eigenvalue weighted by Gasteiger charge is -2.18. The van der Waals surface area contributed by atoms with E-state index in [0.29, 0.717) is 39.6 Å². The summed E-state index contributed by atoms with van der Waals surface area (Å²) >= 11 is 0. The second-order valence-electron chi connectivity index (χ2n) is 8.69. The fourth-order valence-corrected chi connectivity index (χ4v) is 4.20. The number of fused-ring (bicyclic) bond motifs is 2. The minimum atomic E-state index is -0.472. The van der Waals surface area contributed by atoms with Gasteiger partial charge in [-0.3, -0.25) is 4.79 Å². The fourth-order valence-electron chi connectivity index (χ4n) is 4.20. The molecule has 0 aromatic heterocycles. The van der Waals surface area contributed by atoms with Crippen molar-refractivity contribution in [1.82, 2.24) is 4.90 Å². The van der Waals surface area contributed by atoms with E-state index in [1.54, 1.807) is 24.3 Å². The molecule has 8 nitrogen and oxygen atoms in total. The Kier molecular flexibility index (Phi) is 6.18. The molecule has 0 bridgehead atoms. The van der Waals surface area contributed by atoms with E-state index >= 15 is 0 Å². The van der Waals surface area contributed by atoms with Crippen LogP contribution >= 0.6 is 0 Å². The molecule has 0 saturated heterocycles. The number of rotatable bonds is 6. The molecule has 3 aromatic rings. The molecule has 0 aliphatic carbocycles. The summed E-state index contributed by atoms with van der Waals surface area (Å²) in [6.45, 7) is 0.822. The number of benzene rings is 3. The lowest BCUT2D eigenvalue weighted by Crippen LogP contribution is -2.11. The first-order valence-electron chi connectivity index (χ1n) is 11.3. The first-order chi connectivity index (χ1) is 17.4. The highest BCUT2D eigenvalue weighted by atomic mass is 16.5. The van der Waals surface area contributed by atoms with Crippen molar-refractivity contribution in [2.75, 3.05) is 31.8 Å². The van der Waals surface area contributed by atoms with Crippen molar-refractivity contribution in [2.45, 2.75) is 6.54 Å². The summed E-state index contributed by atoms with van der Waals surface area (Å²) in [5.41, 5.74) is 5.35. The van der Waals surface area contributed by atoms with Crippen LogP contribution in [0.25, 0.3) is 11.3 Å². The molecule has 8 heteroatoms. The van der Waals surface area contributed by atoms with E-state index in [1.807, 2.05) is 50.5 Å². The summed E-state index contributed by atoms with van der Waals surface area (Å²) in [5.74, 6) is 0.364. The monoisotopic (exact) mass is 483 g/mol. The topological polar surface area (TPSA) is 89.1 Å². The van der Waals surface area contributed by atoms with E-state index in [9.17, 15) is 9.59 Å². The summed E-state index contributed by atoms with van der Waals surface area (Å²) in [6, 6.07) is 18.6. The minimum absolute atomic E-state index is 0.284. The van der Waals surface area contributed by atoms with Crippen molar-refractivity contribution in [1.29, 1.82) is 0 Å². The van der Waals surface area contributed by atoms with E-state index in [4.69, 9.17) is 14.2 Å². The van der Waals surface area contributed by atoms with Crippen LogP contribution < -0.4 is 20.1 Å². The Hall–Kier alpha value is -4.56. The van der Waals surface area contributed by atoms with Crippen LogP contribution in [0.2, 0.25) is 0 Å². The largest absolute Gasteiger partial charge is 0.465 e. The van der Waals surface area contributed by atoms with Crippen LogP contribution in [0.3, 0.4) is 0 Å². The molecule has 182 valence electrons. The molecule has 0 fully saturated rings. The molecule has 2 N–H and O–H groups in total. The molecular formula is C28H25N3O5. The predicted molar refractivity (Wildman–Crippen MR) is 138 cm³/mol. The number of amides is 1. The highest BCUT2D eigenvalue weighted by Gasteiger charge is 2.30. The summed E-state index contributed by atoms with van der Waals surface area (Å²) < 4.78 is 15.9. The number of hydrogen-bond acceptors (Lipinski definition) is 7. The van der Waals surface area contributed by atoms with Gasteiger partial charge in [0, 0.05) is 23.4 Å². The number of methoxy groups -OCH3 is 1. The maximum absolute atomic E-state index is 13.3. The number of hydrogen-bond donors (Lipinski definition) is 2. The summed E-state index contributed by atoms with van der Waals surface area (Å²) in [6.07, 6.45) is 2.93. The molecule has 0 atom stereocenters. The Morgan fingerprint density at radius 2 is 1.67 bits per heavy atom. The van der Waals surface area contributed by atoms with Crippen LogP contribution in [-0.2, 0) is 16.1 Å². The van der Waals surface area contributed by atoms with Crippen molar-refractivity contribution in [3.05, 3.63) is 95.4 Å². The van der Waals surface area contributed by atoms with Crippen molar-refractivity contribution in [3.8, 4) is 11.5 Å².